The Bertz CT molecular complexity index is 1350. The fraction of sp³-hybridized carbons (Fsp3) is 0.350. The summed E-state index contributed by atoms with van der Waals surface area (Å²) in [5.41, 5.74) is 6.21. The van der Waals surface area contributed by atoms with Crippen molar-refractivity contribution >= 4 is 23.2 Å². The maximum absolute atomic E-state index is 14.1. The molecule has 4 rings (SSSR count). The molecule has 0 radical (unpaired) electrons. The minimum atomic E-state index is -0.326. The fourth-order valence-corrected chi connectivity index (χ4v) is 5.73. The highest BCUT2D eigenvalue weighted by Gasteiger charge is 2.27. The summed E-state index contributed by atoms with van der Waals surface area (Å²) in [7, 11) is 0. The first-order valence-corrected chi connectivity index (χ1v) is 16.0. The largest absolute Gasteiger partial charge is 0.310 e. The van der Waals surface area contributed by atoms with Gasteiger partial charge in [0.05, 0.1) is 11.8 Å². The lowest BCUT2D eigenvalue weighted by atomic mass is 9.95. The molecule has 0 saturated carbocycles. The van der Waals surface area contributed by atoms with E-state index in [0.717, 1.165) is 35.3 Å². The van der Waals surface area contributed by atoms with Crippen LogP contribution in [0, 0.1) is 11.8 Å². The van der Waals surface area contributed by atoms with Gasteiger partial charge in [-0.2, -0.15) is 0 Å². The summed E-state index contributed by atoms with van der Waals surface area (Å²) in [5.74, 6) is 0.537. The quantitative estimate of drug-likeness (QED) is 0.156. The summed E-state index contributed by atoms with van der Waals surface area (Å²) >= 11 is 0. The van der Waals surface area contributed by atoms with E-state index in [-0.39, 0.29) is 23.7 Å². The van der Waals surface area contributed by atoms with Crippen molar-refractivity contribution < 1.29 is 9.59 Å². The average molecular weight is 589 g/mol. The Labute approximate surface area is 264 Å². The van der Waals surface area contributed by atoms with Crippen LogP contribution < -0.4 is 9.80 Å². The molecule has 0 aliphatic carbocycles. The third-order valence-electron chi connectivity index (χ3n) is 8.20. The van der Waals surface area contributed by atoms with Gasteiger partial charge in [0.15, 0.2) is 0 Å². The fourth-order valence-electron chi connectivity index (χ4n) is 5.73. The van der Waals surface area contributed by atoms with E-state index in [1.165, 1.54) is 11.1 Å². The molecule has 230 valence electrons. The third kappa shape index (κ3) is 8.69. The van der Waals surface area contributed by atoms with Gasteiger partial charge in [-0.1, -0.05) is 113 Å². The molecule has 0 aliphatic heterocycles. The number of anilines is 2. The van der Waals surface area contributed by atoms with Crippen molar-refractivity contribution in [3.8, 4) is 0 Å². The summed E-state index contributed by atoms with van der Waals surface area (Å²) in [6.45, 7) is 13.6. The molecule has 0 heterocycles. The number of hydrogen-bond acceptors (Lipinski definition) is 2. The topological polar surface area (TPSA) is 40.6 Å². The highest BCUT2D eigenvalue weighted by Crippen LogP contribution is 2.27. The average Bonchev–Trinajstić information content (AvgIpc) is 3.03. The Morgan fingerprint density at radius 2 is 0.795 bits per heavy atom. The van der Waals surface area contributed by atoms with Crippen LogP contribution >= 0.6 is 0 Å². The zero-order valence-electron chi connectivity index (χ0n) is 27.2. The van der Waals surface area contributed by atoms with E-state index < -0.39 is 0 Å². The minimum Gasteiger partial charge on any atom is -0.310 e. The molecular formula is C40H48N2O2. The summed E-state index contributed by atoms with van der Waals surface area (Å²) < 4.78 is 0. The molecule has 0 aliphatic rings. The first-order chi connectivity index (χ1) is 21.1. The van der Waals surface area contributed by atoms with Crippen LogP contribution in [0.25, 0.3) is 0 Å². The first-order valence-electron chi connectivity index (χ1n) is 16.0. The van der Waals surface area contributed by atoms with Gasteiger partial charge in [0.1, 0.15) is 0 Å². The van der Waals surface area contributed by atoms with Crippen LogP contribution in [0.5, 0.6) is 0 Å². The van der Waals surface area contributed by atoms with E-state index >= 15 is 0 Å². The van der Waals surface area contributed by atoms with Gasteiger partial charge in [-0.25, -0.2) is 0 Å². The van der Waals surface area contributed by atoms with Crippen LogP contribution in [0.15, 0.2) is 109 Å². The van der Waals surface area contributed by atoms with Crippen molar-refractivity contribution in [2.24, 2.45) is 11.8 Å². The molecule has 2 atom stereocenters. The van der Waals surface area contributed by atoms with E-state index in [4.69, 9.17) is 0 Å². The predicted molar refractivity (Wildman–Crippen MR) is 184 cm³/mol. The van der Waals surface area contributed by atoms with E-state index in [0.29, 0.717) is 24.9 Å². The number of para-hydroxylation sites is 2. The molecule has 44 heavy (non-hydrogen) atoms. The summed E-state index contributed by atoms with van der Waals surface area (Å²) in [4.78, 5) is 31.9. The van der Waals surface area contributed by atoms with Crippen molar-refractivity contribution in [3.05, 3.63) is 131 Å². The Balaban J connectivity index is 1.58. The molecule has 0 saturated heterocycles. The maximum atomic E-state index is 14.1. The second-order valence-electron chi connectivity index (χ2n) is 12.8. The monoisotopic (exact) mass is 588 g/mol. The molecule has 0 spiro atoms. The van der Waals surface area contributed by atoms with Crippen LogP contribution in [0.2, 0.25) is 0 Å². The van der Waals surface area contributed by atoms with Gasteiger partial charge < -0.3 is 9.80 Å². The summed E-state index contributed by atoms with van der Waals surface area (Å²) in [5, 5.41) is 0. The van der Waals surface area contributed by atoms with Crippen molar-refractivity contribution in [2.45, 2.75) is 66.2 Å². The number of rotatable bonds is 13. The van der Waals surface area contributed by atoms with Crippen LogP contribution in [-0.2, 0) is 22.4 Å². The van der Waals surface area contributed by atoms with E-state index in [9.17, 15) is 9.59 Å². The van der Waals surface area contributed by atoms with Crippen LogP contribution in [0.1, 0.15) is 75.6 Å². The van der Waals surface area contributed by atoms with Crippen LogP contribution in [0.4, 0.5) is 11.4 Å². The van der Waals surface area contributed by atoms with Gasteiger partial charge in [0.25, 0.3) is 0 Å². The number of nitrogens with zero attached hydrogens (tertiary/aromatic N) is 2. The second-order valence-corrected chi connectivity index (χ2v) is 12.8. The number of carbonyl (C=O) groups is 2. The van der Waals surface area contributed by atoms with Gasteiger partial charge >= 0.3 is 0 Å². The molecule has 4 heteroatoms. The standard InChI is InChI=1S/C40H48N2O2/c1-29(2)27-33-17-21-35(22-18-33)31(5)39(43)41(37-13-9-7-10-14-37)25-26-42(38-15-11-8-12-16-38)40(44)32(6)36-23-19-34(20-24-36)28-30(3)4/h7-24,29-32H,25-28H2,1-6H3. The number of carbonyl (C=O) groups excluding carboxylic acids is 2. The lowest BCUT2D eigenvalue weighted by Crippen LogP contribution is -2.44. The molecule has 0 N–H and O–H groups in total. The third-order valence-corrected chi connectivity index (χ3v) is 8.20. The van der Waals surface area contributed by atoms with Crippen molar-refractivity contribution in [3.63, 3.8) is 0 Å². The molecular weight excluding hydrogens is 540 g/mol. The van der Waals surface area contributed by atoms with Gasteiger partial charge in [-0.05, 0) is 85.0 Å². The van der Waals surface area contributed by atoms with Crippen molar-refractivity contribution in [1.82, 2.24) is 0 Å². The molecule has 4 aromatic rings. The Kier molecular flexibility index (Phi) is 11.5. The Hall–Kier alpha value is -4.18. The van der Waals surface area contributed by atoms with Crippen LogP contribution in [-0.4, -0.2) is 24.9 Å². The van der Waals surface area contributed by atoms with Gasteiger partial charge in [-0.3, -0.25) is 9.59 Å². The number of amides is 2. The van der Waals surface area contributed by atoms with E-state index in [1.807, 2.05) is 84.3 Å². The molecule has 2 amide bonds. The molecule has 0 bridgehead atoms. The Morgan fingerprint density at radius 1 is 0.477 bits per heavy atom. The molecule has 0 aromatic heterocycles. The Morgan fingerprint density at radius 3 is 1.09 bits per heavy atom. The normalized spacial score (nSPS) is 12.6. The highest BCUT2D eigenvalue weighted by molar-refractivity contribution is 6.00. The molecule has 4 aromatic carbocycles. The zero-order valence-corrected chi connectivity index (χ0v) is 27.2. The van der Waals surface area contributed by atoms with Crippen molar-refractivity contribution in [1.29, 1.82) is 0 Å². The predicted octanol–water partition coefficient (Wildman–Crippen LogP) is 9.06. The van der Waals surface area contributed by atoms with Gasteiger partial charge in [0.2, 0.25) is 11.8 Å². The molecule has 4 nitrogen and oxygen atoms in total. The van der Waals surface area contributed by atoms with E-state index in [1.54, 1.807) is 0 Å². The first kappa shape index (κ1) is 32.7. The minimum absolute atomic E-state index is 0.0158. The van der Waals surface area contributed by atoms with Gasteiger partial charge in [0, 0.05) is 24.5 Å². The summed E-state index contributed by atoms with van der Waals surface area (Å²) in [6.07, 6.45) is 2.03. The molecule has 0 fully saturated rings. The van der Waals surface area contributed by atoms with Crippen LogP contribution in [0.3, 0.4) is 0 Å². The smallest absolute Gasteiger partial charge is 0.234 e. The number of benzene rings is 4. The second kappa shape index (κ2) is 15.5. The highest BCUT2D eigenvalue weighted by atomic mass is 16.2. The van der Waals surface area contributed by atoms with E-state index in [2.05, 4.69) is 76.2 Å². The van der Waals surface area contributed by atoms with Gasteiger partial charge in [-0.15, -0.1) is 0 Å². The van der Waals surface area contributed by atoms with Crippen molar-refractivity contribution in [2.75, 3.05) is 22.9 Å². The zero-order chi connectivity index (χ0) is 31.6. The number of hydrogen-bond donors (Lipinski definition) is 0. The molecule has 2 unspecified atom stereocenters. The lowest BCUT2D eigenvalue weighted by molar-refractivity contribution is -0.121. The maximum Gasteiger partial charge on any atom is 0.234 e. The lowest BCUT2D eigenvalue weighted by Gasteiger charge is -2.31. The summed E-state index contributed by atoms with van der Waals surface area (Å²) in [6, 6.07) is 36.4. The SMILES string of the molecule is CC(C)Cc1ccc(C(C)C(=O)N(CCN(C(=O)C(C)c2ccc(CC(C)C)cc2)c2ccccc2)c2ccccc2)cc1.